The zero-order valence-electron chi connectivity index (χ0n) is 11.1. The molecule has 3 rings (SSSR count). The largest absolute Gasteiger partial charge is 0.423 e. The molecule has 0 unspecified atom stereocenters. The Morgan fingerprint density at radius 1 is 1.11 bits per heavy atom. The van der Waals surface area contributed by atoms with Gasteiger partial charge in [0.25, 0.3) is 0 Å². The van der Waals surface area contributed by atoms with E-state index >= 15 is 0 Å². The first kappa shape index (κ1) is 11.7. The predicted molar refractivity (Wildman–Crippen MR) is 73.8 cm³/mol. The van der Waals surface area contributed by atoms with Gasteiger partial charge in [-0.15, -0.1) is 0 Å². The third kappa shape index (κ3) is 1.95. The minimum absolute atomic E-state index is 0.328. The number of fused-ring (bicyclic) bond motifs is 1. The minimum atomic E-state index is -0.328. The highest BCUT2D eigenvalue weighted by Crippen LogP contribution is 2.22. The Hall–Kier alpha value is -2.36. The van der Waals surface area contributed by atoms with Crippen LogP contribution in [0.3, 0.4) is 0 Å². The molecule has 0 saturated heterocycles. The highest BCUT2D eigenvalue weighted by atomic mass is 16.4. The Balaban J connectivity index is 2.30. The van der Waals surface area contributed by atoms with Gasteiger partial charge < -0.3 is 4.42 Å². The smallest absolute Gasteiger partial charge is 0.336 e. The van der Waals surface area contributed by atoms with E-state index in [2.05, 4.69) is 5.10 Å². The number of hydrogen-bond donors (Lipinski definition) is 0. The summed E-state index contributed by atoms with van der Waals surface area (Å²) in [6, 6.07) is 9.11. The molecule has 0 radical (unpaired) electrons. The molecule has 4 heteroatoms. The molecule has 0 amide bonds. The first-order valence-corrected chi connectivity index (χ1v) is 6.13. The van der Waals surface area contributed by atoms with Gasteiger partial charge in [0.1, 0.15) is 5.58 Å². The summed E-state index contributed by atoms with van der Waals surface area (Å²) in [5, 5.41) is 5.39. The maximum atomic E-state index is 11.2. The molecule has 2 aromatic heterocycles. The van der Waals surface area contributed by atoms with Crippen LogP contribution in [-0.4, -0.2) is 9.78 Å². The molecular formula is C15H14N2O2. The van der Waals surface area contributed by atoms with E-state index in [1.54, 1.807) is 6.07 Å². The van der Waals surface area contributed by atoms with Crippen molar-refractivity contribution in [1.29, 1.82) is 0 Å². The summed E-state index contributed by atoms with van der Waals surface area (Å²) in [6.07, 6.45) is 0. The lowest BCUT2D eigenvalue weighted by molar-refractivity contribution is 0.560. The number of nitrogens with zero attached hydrogens (tertiary/aromatic N) is 2. The normalized spacial score (nSPS) is 11.1. The lowest BCUT2D eigenvalue weighted by Crippen LogP contribution is -2.02. The third-order valence-electron chi connectivity index (χ3n) is 3.18. The summed E-state index contributed by atoms with van der Waals surface area (Å²) < 4.78 is 7.10. The average molecular weight is 254 g/mol. The zero-order valence-corrected chi connectivity index (χ0v) is 11.1. The topological polar surface area (TPSA) is 48.0 Å². The minimum Gasteiger partial charge on any atom is -0.423 e. The molecule has 1 aromatic carbocycles. The van der Waals surface area contributed by atoms with Gasteiger partial charge in [-0.1, -0.05) is 0 Å². The van der Waals surface area contributed by atoms with E-state index in [0.717, 1.165) is 28.0 Å². The maximum absolute atomic E-state index is 11.2. The second-order valence-electron chi connectivity index (χ2n) is 4.77. The van der Waals surface area contributed by atoms with Crippen LogP contribution in [-0.2, 0) is 0 Å². The first-order chi connectivity index (χ1) is 9.04. The number of aromatic nitrogens is 2. The van der Waals surface area contributed by atoms with E-state index in [9.17, 15) is 4.79 Å². The van der Waals surface area contributed by atoms with Crippen molar-refractivity contribution >= 4 is 11.0 Å². The first-order valence-electron chi connectivity index (χ1n) is 6.13. The van der Waals surface area contributed by atoms with Gasteiger partial charge in [-0.05, 0) is 50.6 Å². The van der Waals surface area contributed by atoms with Crippen LogP contribution in [0.15, 0.2) is 39.5 Å². The van der Waals surface area contributed by atoms with E-state index in [4.69, 9.17) is 4.42 Å². The molecule has 4 nitrogen and oxygen atoms in total. The molecule has 3 aromatic rings. The second-order valence-corrected chi connectivity index (χ2v) is 4.77. The average Bonchev–Trinajstić information content (AvgIpc) is 2.67. The van der Waals surface area contributed by atoms with E-state index < -0.39 is 0 Å². The zero-order chi connectivity index (χ0) is 13.6. The van der Waals surface area contributed by atoms with Gasteiger partial charge in [-0.2, -0.15) is 5.10 Å². The van der Waals surface area contributed by atoms with Crippen molar-refractivity contribution in [2.24, 2.45) is 0 Å². The van der Waals surface area contributed by atoms with Crippen LogP contribution in [0.1, 0.15) is 17.0 Å². The molecule has 0 saturated carbocycles. The molecular weight excluding hydrogens is 240 g/mol. The molecule has 0 aliphatic carbocycles. The van der Waals surface area contributed by atoms with Crippen LogP contribution in [0.4, 0.5) is 0 Å². The van der Waals surface area contributed by atoms with Gasteiger partial charge in [0.05, 0.1) is 11.4 Å². The SMILES string of the molecule is Cc1cc(C)n(-c2cc3ccc(=O)oc3cc2C)n1. The Morgan fingerprint density at radius 2 is 1.89 bits per heavy atom. The van der Waals surface area contributed by atoms with E-state index in [1.807, 2.05) is 43.7 Å². The molecule has 2 heterocycles. The number of aryl methyl sites for hydroxylation is 3. The van der Waals surface area contributed by atoms with Crippen molar-refractivity contribution < 1.29 is 4.42 Å². The van der Waals surface area contributed by atoms with E-state index in [1.165, 1.54) is 6.07 Å². The Labute approximate surface area is 110 Å². The third-order valence-corrected chi connectivity index (χ3v) is 3.18. The van der Waals surface area contributed by atoms with Crippen molar-refractivity contribution in [3.63, 3.8) is 0 Å². The van der Waals surface area contributed by atoms with Crippen LogP contribution in [0, 0.1) is 20.8 Å². The van der Waals surface area contributed by atoms with Gasteiger partial charge in [-0.25, -0.2) is 9.48 Å². The summed E-state index contributed by atoms with van der Waals surface area (Å²) in [7, 11) is 0. The molecule has 0 fully saturated rings. The molecule has 0 bridgehead atoms. The predicted octanol–water partition coefficient (Wildman–Crippen LogP) is 2.90. The van der Waals surface area contributed by atoms with Crippen molar-refractivity contribution in [2.45, 2.75) is 20.8 Å². The maximum Gasteiger partial charge on any atom is 0.336 e. The summed E-state index contributed by atoms with van der Waals surface area (Å²) >= 11 is 0. The van der Waals surface area contributed by atoms with Crippen LogP contribution in [0.5, 0.6) is 0 Å². The van der Waals surface area contributed by atoms with Crippen LogP contribution in [0.25, 0.3) is 16.7 Å². The van der Waals surface area contributed by atoms with Crippen LogP contribution >= 0.6 is 0 Å². The highest BCUT2D eigenvalue weighted by molar-refractivity contribution is 5.80. The molecule has 0 atom stereocenters. The van der Waals surface area contributed by atoms with Crippen molar-refractivity contribution in [3.05, 3.63) is 57.7 Å². The van der Waals surface area contributed by atoms with Gasteiger partial charge in [0.2, 0.25) is 0 Å². The molecule has 0 N–H and O–H groups in total. The standard InChI is InChI=1S/C15H14N2O2/c1-9-6-14-12(4-5-15(18)19-14)8-13(9)17-11(3)7-10(2)16-17/h4-8H,1-3H3. The number of benzene rings is 1. The summed E-state index contributed by atoms with van der Waals surface area (Å²) in [4.78, 5) is 11.2. The number of hydrogen-bond acceptors (Lipinski definition) is 3. The number of rotatable bonds is 1. The van der Waals surface area contributed by atoms with Crippen molar-refractivity contribution in [2.75, 3.05) is 0 Å². The molecule has 0 aliphatic heterocycles. The quantitative estimate of drug-likeness (QED) is 0.627. The van der Waals surface area contributed by atoms with E-state index in [-0.39, 0.29) is 5.63 Å². The highest BCUT2D eigenvalue weighted by Gasteiger charge is 2.09. The van der Waals surface area contributed by atoms with Gasteiger partial charge in [0, 0.05) is 17.1 Å². The lowest BCUT2D eigenvalue weighted by atomic mass is 10.1. The monoisotopic (exact) mass is 254 g/mol. The van der Waals surface area contributed by atoms with Crippen LogP contribution in [0.2, 0.25) is 0 Å². The fourth-order valence-electron chi connectivity index (χ4n) is 2.31. The fourth-order valence-corrected chi connectivity index (χ4v) is 2.31. The van der Waals surface area contributed by atoms with Gasteiger partial charge >= 0.3 is 5.63 Å². The Morgan fingerprint density at radius 3 is 2.58 bits per heavy atom. The van der Waals surface area contributed by atoms with Gasteiger partial charge in [-0.3, -0.25) is 0 Å². The molecule has 0 spiro atoms. The Bertz CT molecular complexity index is 828. The van der Waals surface area contributed by atoms with Crippen molar-refractivity contribution in [3.8, 4) is 5.69 Å². The second kappa shape index (κ2) is 4.09. The fraction of sp³-hybridized carbons (Fsp3) is 0.200. The molecule has 96 valence electrons. The van der Waals surface area contributed by atoms with E-state index in [0.29, 0.717) is 5.58 Å². The summed E-state index contributed by atoms with van der Waals surface area (Å²) in [6.45, 7) is 5.98. The molecule has 19 heavy (non-hydrogen) atoms. The summed E-state index contributed by atoms with van der Waals surface area (Å²) in [5.74, 6) is 0. The van der Waals surface area contributed by atoms with Gasteiger partial charge in [0.15, 0.2) is 0 Å². The molecule has 0 aliphatic rings. The van der Waals surface area contributed by atoms with Crippen molar-refractivity contribution in [1.82, 2.24) is 9.78 Å². The summed E-state index contributed by atoms with van der Waals surface area (Å²) in [5.41, 5.74) is 4.37. The van der Waals surface area contributed by atoms with Crippen LogP contribution < -0.4 is 5.63 Å². The Kier molecular flexibility index (Phi) is 2.52. The lowest BCUT2D eigenvalue weighted by Gasteiger charge is -2.09.